The third-order valence-corrected chi connectivity index (χ3v) is 7.82. The summed E-state index contributed by atoms with van der Waals surface area (Å²) in [5.41, 5.74) is 3.27. The van der Waals surface area contributed by atoms with Gasteiger partial charge >= 0.3 is 0 Å². The molecule has 2 aliphatic heterocycles. The maximum absolute atomic E-state index is 14.1. The van der Waals surface area contributed by atoms with Gasteiger partial charge in [0.2, 0.25) is 0 Å². The first-order valence-corrected chi connectivity index (χ1v) is 13.8. The molecule has 0 radical (unpaired) electrons. The first-order chi connectivity index (χ1) is 20.1. The third kappa shape index (κ3) is 4.79. The number of carbonyl (C=O) groups is 1. The van der Waals surface area contributed by atoms with Crippen LogP contribution in [0.25, 0.3) is 28.1 Å². The number of benzene rings is 2. The van der Waals surface area contributed by atoms with Crippen molar-refractivity contribution in [3.63, 3.8) is 0 Å². The molecular formula is C30H25Cl2N5O5. The molecule has 1 fully saturated rings. The normalized spacial score (nSPS) is 15.3. The standard InChI is InChI=1S/C30H25Cl2N5O5/c1-30(2)16-41-5-4-36(30)29(38)27-24-15-42-26-11-25(40-3)22(18-6-17(12-33)13-35(39)14-18)10-23(26)28(24)37(34-27)21-8-19(31)7-20(32)9-21/h6-11,13-14H,4-5,15-16H2,1-3H3. The lowest BCUT2D eigenvalue weighted by Crippen LogP contribution is -2.55. The Labute approximate surface area is 251 Å². The van der Waals surface area contributed by atoms with Gasteiger partial charge in [-0.15, -0.1) is 0 Å². The van der Waals surface area contributed by atoms with Gasteiger partial charge in [-0.05, 0) is 44.2 Å². The van der Waals surface area contributed by atoms with Gasteiger partial charge in [-0.25, -0.2) is 4.68 Å². The van der Waals surface area contributed by atoms with E-state index in [1.807, 2.05) is 19.9 Å². The number of amides is 1. The van der Waals surface area contributed by atoms with Gasteiger partial charge in [0, 0.05) is 39.3 Å². The second-order valence-corrected chi connectivity index (χ2v) is 11.5. The number of halogens is 2. The van der Waals surface area contributed by atoms with E-state index in [9.17, 15) is 15.3 Å². The lowest BCUT2D eigenvalue weighted by atomic mass is 9.95. The summed E-state index contributed by atoms with van der Waals surface area (Å²) in [5.74, 6) is 0.686. The third-order valence-electron chi connectivity index (χ3n) is 7.38. The number of rotatable bonds is 4. The van der Waals surface area contributed by atoms with Gasteiger partial charge in [0.1, 0.15) is 29.7 Å². The summed E-state index contributed by atoms with van der Waals surface area (Å²) in [6.07, 6.45) is 2.55. The van der Waals surface area contributed by atoms with E-state index in [-0.39, 0.29) is 23.8 Å². The molecule has 0 bridgehead atoms. The van der Waals surface area contributed by atoms with E-state index in [4.69, 9.17) is 42.5 Å². The topological polar surface area (TPSA) is 117 Å². The van der Waals surface area contributed by atoms with Gasteiger partial charge in [0.25, 0.3) is 5.91 Å². The lowest BCUT2D eigenvalue weighted by molar-refractivity contribution is -0.605. The SMILES string of the molecule is COc1cc2c(cc1-c1cc(C#N)c[n+]([O-])c1)-c1c(c(C(=O)N3CCOCC3(C)C)nn1-c1cc(Cl)cc(Cl)c1)CO2. The molecule has 4 aromatic rings. The van der Waals surface area contributed by atoms with Crippen molar-refractivity contribution in [2.24, 2.45) is 0 Å². The molecule has 214 valence electrons. The van der Waals surface area contributed by atoms with E-state index in [0.29, 0.717) is 79.7 Å². The zero-order valence-corrected chi connectivity index (χ0v) is 24.5. The molecule has 0 saturated carbocycles. The minimum Gasteiger partial charge on any atom is -0.619 e. The number of hydrogen-bond donors (Lipinski definition) is 0. The summed E-state index contributed by atoms with van der Waals surface area (Å²) in [4.78, 5) is 15.8. The van der Waals surface area contributed by atoms with Gasteiger partial charge in [-0.1, -0.05) is 23.2 Å². The molecule has 0 spiro atoms. The van der Waals surface area contributed by atoms with Crippen molar-refractivity contribution < 1.29 is 23.7 Å². The number of morpholine rings is 1. The van der Waals surface area contributed by atoms with Crippen LogP contribution in [0.1, 0.15) is 35.5 Å². The maximum Gasteiger partial charge on any atom is 0.275 e. The summed E-state index contributed by atoms with van der Waals surface area (Å²) in [6.45, 7) is 5.22. The highest BCUT2D eigenvalue weighted by Gasteiger charge is 2.39. The van der Waals surface area contributed by atoms with Crippen LogP contribution in [0.3, 0.4) is 0 Å². The highest BCUT2D eigenvalue weighted by Crippen LogP contribution is 2.46. The number of pyridine rings is 1. The molecule has 6 rings (SSSR count). The van der Waals surface area contributed by atoms with Crippen LogP contribution >= 0.6 is 23.2 Å². The van der Waals surface area contributed by atoms with Crippen LogP contribution < -0.4 is 14.2 Å². The number of nitrogens with zero attached hydrogens (tertiary/aromatic N) is 5. The summed E-state index contributed by atoms with van der Waals surface area (Å²) >= 11 is 12.8. The van der Waals surface area contributed by atoms with E-state index in [2.05, 4.69) is 0 Å². The molecule has 1 amide bonds. The average Bonchev–Trinajstić information content (AvgIpc) is 3.35. The molecule has 12 heteroatoms. The zero-order chi connectivity index (χ0) is 29.8. The average molecular weight is 606 g/mol. The molecule has 4 heterocycles. The predicted molar refractivity (Wildman–Crippen MR) is 155 cm³/mol. The molecule has 2 aromatic carbocycles. The summed E-state index contributed by atoms with van der Waals surface area (Å²) < 4.78 is 19.7. The van der Waals surface area contributed by atoms with E-state index < -0.39 is 5.54 Å². The molecule has 42 heavy (non-hydrogen) atoms. The fourth-order valence-electron chi connectivity index (χ4n) is 5.42. The molecule has 10 nitrogen and oxygen atoms in total. The molecule has 1 saturated heterocycles. The first-order valence-electron chi connectivity index (χ1n) is 13.1. The molecule has 2 aliphatic rings. The highest BCUT2D eigenvalue weighted by molar-refractivity contribution is 6.34. The van der Waals surface area contributed by atoms with E-state index >= 15 is 0 Å². The fourth-order valence-corrected chi connectivity index (χ4v) is 5.93. The number of ether oxygens (including phenoxy) is 3. The molecule has 0 aliphatic carbocycles. The monoisotopic (exact) mass is 605 g/mol. The number of nitriles is 1. The van der Waals surface area contributed by atoms with Crippen LogP contribution in [0.15, 0.2) is 48.8 Å². The van der Waals surface area contributed by atoms with Gasteiger partial charge in [0.05, 0.1) is 42.8 Å². The maximum atomic E-state index is 14.1. The number of carbonyl (C=O) groups excluding carboxylic acids is 1. The Kier molecular flexibility index (Phi) is 6.97. The Bertz CT molecular complexity index is 1780. The van der Waals surface area contributed by atoms with E-state index in [0.717, 1.165) is 0 Å². The van der Waals surface area contributed by atoms with Crippen molar-refractivity contribution in [1.29, 1.82) is 5.26 Å². The summed E-state index contributed by atoms with van der Waals surface area (Å²) in [6, 6.07) is 12.2. The largest absolute Gasteiger partial charge is 0.619 e. The van der Waals surface area contributed by atoms with Crippen LogP contribution in [0.2, 0.25) is 10.0 Å². The molecular weight excluding hydrogens is 581 g/mol. The Morgan fingerprint density at radius 2 is 1.90 bits per heavy atom. The second kappa shape index (κ2) is 10.5. The Morgan fingerprint density at radius 3 is 2.60 bits per heavy atom. The summed E-state index contributed by atoms with van der Waals surface area (Å²) in [7, 11) is 1.51. The molecule has 2 aromatic heterocycles. The van der Waals surface area contributed by atoms with E-state index in [1.54, 1.807) is 46.0 Å². The van der Waals surface area contributed by atoms with Crippen LogP contribution in [0, 0.1) is 16.5 Å². The zero-order valence-electron chi connectivity index (χ0n) is 23.0. The fraction of sp³-hybridized carbons (Fsp3) is 0.267. The van der Waals surface area contributed by atoms with Gasteiger partial charge in [-0.2, -0.15) is 15.1 Å². The predicted octanol–water partition coefficient (Wildman–Crippen LogP) is 5.17. The minimum absolute atomic E-state index is 0.0788. The molecule has 0 unspecified atom stereocenters. The van der Waals surface area contributed by atoms with Crippen molar-refractivity contribution in [2.45, 2.75) is 26.0 Å². The van der Waals surface area contributed by atoms with Gasteiger partial charge in [-0.3, -0.25) is 4.79 Å². The van der Waals surface area contributed by atoms with Crippen molar-refractivity contribution in [2.75, 3.05) is 26.9 Å². The number of aromatic nitrogens is 3. The summed E-state index contributed by atoms with van der Waals surface area (Å²) in [5, 5.41) is 27.4. The van der Waals surface area contributed by atoms with Crippen molar-refractivity contribution in [3.8, 4) is 45.6 Å². The van der Waals surface area contributed by atoms with Crippen molar-refractivity contribution in [3.05, 3.63) is 80.9 Å². The number of hydrogen-bond acceptors (Lipinski definition) is 7. The van der Waals surface area contributed by atoms with Crippen LogP contribution in [0.5, 0.6) is 11.5 Å². The number of fused-ring (bicyclic) bond motifs is 3. The smallest absolute Gasteiger partial charge is 0.275 e. The first kappa shape index (κ1) is 27.8. The van der Waals surface area contributed by atoms with Crippen molar-refractivity contribution >= 4 is 29.1 Å². The highest BCUT2D eigenvalue weighted by atomic mass is 35.5. The Balaban J connectivity index is 1.60. The van der Waals surface area contributed by atoms with Crippen LogP contribution in [-0.2, 0) is 11.3 Å². The lowest BCUT2D eigenvalue weighted by Gasteiger charge is -2.41. The van der Waals surface area contributed by atoms with Crippen molar-refractivity contribution in [1.82, 2.24) is 14.7 Å². The second-order valence-electron chi connectivity index (χ2n) is 10.7. The van der Waals surface area contributed by atoms with Crippen LogP contribution in [-0.4, -0.2) is 53.0 Å². The molecule has 0 N–H and O–H groups in total. The quantitative estimate of drug-likeness (QED) is 0.233. The van der Waals surface area contributed by atoms with Gasteiger partial charge < -0.3 is 24.3 Å². The Morgan fingerprint density at radius 1 is 1.14 bits per heavy atom. The van der Waals surface area contributed by atoms with E-state index in [1.165, 1.54) is 19.5 Å². The van der Waals surface area contributed by atoms with Crippen LogP contribution in [0.4, 0.5) is 0 Å². The minimum atomic E-state index is -0.543. The number of methoxy groups -OCH3 is 1. The molecule has 0 atom stereocenters. The Hall–Kier alpha value is -4.30. The van der Waals surface area contributed by atoms with Gasteiger partial charge in [0.15, 0.2) is 18.1 Å².